The van der Waals surface area contributed by atoms with Gasteiger partial charge in [0.05, 0.1) is 0 Å². The predicted octanol–water partition coefficient (Wildman–Crippen LogP) is 2.21. The molecule has 19 heavy (non-hydrogen) atoms. The molecular weight excluding hydrogens is 249 g/mol. The van der Waals surface area contributed by atoms with E-state index in [-0.39, 0.29) is 22.6 Å². The van der Waals surface area contributed by atoms with Crippen LogP contribution in [0.2, 0.25) is 0 Å². The first kappa shape index (κ1) is 13.3. The first-order valence-corrected chi connectivity index (χ1v) is 5.93. The molecule has 0 spiro atoms. The number of amides is 1. The van der Waals surface area contributed by atoms with Gasteiger partial charge in [-0.25, -0.2) is 9.18 Å². The fraction of sp³-hybridized carbons (Fsp3) is 0.286. The van der Waals surface area contributed by atoms with Crippen LogP contribution in [0, 0.1) is 5.82 Å². The highest BCUT2D eigenvalue weighted by atomic mass is 19.1. The van der Waals surface area contributed by atoms with Crippen LogP contribution in [0.5, 0.6) is 0 Å². The number of carbonyl (C=O) groups excluding carboxylic acids is 1. The Kier molecular flexibility index (Phi) is 3.38. The molecule has 0 aromatic heterocycles. The lowest BCUT2D eigenvalue weighted by Gasteiger charge is -2.11. The van der Waals surface area contributed by atoms with Crippen molar-refractivity contribution in [3.63, 3.8) is 0 Å². The normalized spacial score (nSPS) is 16.3. The van der Waals surface area contributed by atoms with E-state index in [4.69, 9.17) is 5.11 Å². The number of nitrogens with one attached hydrogen (secondary N) is 1. The third-order valence-corrected chi connectivity index (χ3v) is 3.08. The summed E-state index contributed by atoms with van der Waals surface area (Å²) in [6.45, 7) is 1.94. The Morgan fingerprint density at radius 3 is 2.63 bits per heavy atom. The second-order valence-electron chi connectivity index (χ2n) is 4.92. The van der Waals surface area contributed by atoms with E-state index in [0.29, 0.717) is 0 Å². The summed E-state index contributed by atoms with van der Waals surface area (Å²) in [7, 11) is 0. The van der Waals surface area contributed by atoms with Crippen molar-refractivity contribution >= 4 is 18.0 Å². The van der Waals surface area contributed by atoms with Gasteiger partial charge in [-0.3, -0.25) is 4.79 Å². The highest BCUT2D eigenvalue weighted by molar-refractivity contribution is 5.95. The Morgan fingerprint density at radius 2 is 2.11 bits per heavy atom. The van der Waals surface area contributed by atoms with Crippen LogP contribution >= 0.6 is 0 Å². The molecule has 5 heteroatoms. The van der Waals surface area contributed by atoms with Gasteiger partial charge in [0.15, 0.2) is 0 Å². The molecule has 1 saturated carbocycles. The predicted molar refractivity (Wildman–Crippen MR) is 68.2 cm³/mol. The molecule has 1 aliphatic carbocycles. The molecule has 2 rings (SSSR count). The van der Waals surface area contributed by atoms with Gasteiger partial charge < -0.3 is 10.4 Å². The molecular formula is C14H14FNO3. The smallest absolute Gasteiger partial charge is 0.328 e. The molecule has 0 saturated heterocycles. The van der Waals surface area contributed by atoms with Crippen LogP contribution in [0.15, 0.2) is 24.3 Å². The van der Waals surface area contributed by atoms with E-state index in [1.54, 1.807) is 0 Å². The maximum absolute atomic E-state index is 13.7. The Bertz CT molecular complexity index is 562. The summed E-state index contributed by atoms with van der Waals surface area (Å²) < 4.78 is 13.7. The number of carboxylic acids is 1. The Balaban J connectivity index is 2.14. The maximum atomic E-state index is 13.7. The largest absolute Gasteiger partial charge is 0.478 e. The van der Waals surface area contributed by atoms with Crippen LogP contribution in [0.25, 0.3) is 6.08 Å². The third-order valence-electron chi connectivity index (χ3n) is 3.08. The van der Waals surface area contributed by atoms with E-state index < -0.39 is 11.8 Å². The minimum Gasteiger partial charge on any atom is -0.478 e. The lowest BCUT2D eigenvalue weighted by atomic mass is 10.1. The first-order chi connectivity index (χ1) is 8.89. The lowest BCUT2D eigenvalue weighted by Crippen LogP contribution is -2.34. The minimum atomic E-state index is -1.15. The van der Waals surface area contributed by atoms with Crippen LogP contribution in [-0.4, -0.2) is 22.5 Å². The molecule has 1 aliphatic rings. The van der Waals surface area contributed by atoms with E-state index in [1.165, 1.54) is 12.1 Å². The van der Waals surface area contributed by atoms with E-state index >= 15 is 0 Å². The SMILES string of the molecule is CC1(NC(=O)c2ccc(/C=C/C(=O)O)c(F)c2)CC1. The second kappa shape index (κ2) is 4.84. The number of rotatable bonds is 4. The third kappa shape index (κ3) is 3.40. The topological polar surface area (TPSA) is 66.4 Å². The lowest BCUT2D eigenvalue weighted by molar-refractivity contribution is -0.131. The molecule has 1 aromatic rings. The number of hydrogen-bond acceptors (Lipinski definition) is 2. The summed E-state index contributed by atoms with van der Waals surface area (Å²) in [5.74, 6) is -2.08. The number of halogens is 1. The van der Waals surface area contributed by atoms with Crippen molar-refractivity contribution in [2.75, 3.05) is 0 Å². The van der Waals surface area contributed by atoms with Gasteiger partial charge in [0.1, 0.15) is 5.82 Å². The van der Waals surface area contributed by atoms with E-state index in [0.717, 1.165) is 31.1 Å². The molecule has 4 nitrogen and oxygen atoms in total. The van der Waals surface area contributed by atoms with Gasteiger partial charge in [-0.2, -0.15) is 0 Å². The highest BCUT2D eigenvalue weighted by Crippen LogP contribution is 2.34. The molecule has 0 atom stereocenters. The summed E-state index contributed by atoms with van der Waals surface area (Å²) in [5, 5.41) is 11.3. The molecule has 1 amide bonds. The zero-order valence-electron chi connectivity index (χ0n) is 10.4. The quantitative estimate of drug-likeness (QED) is 0.818. The van der Waals surface area contributed by atoms with Crippen LogP contribution in [0.1, 0.15) is 35.7 Å². The summed E-state index contributed by atoms with van der Waals surface area (Å²) in [5.41, 5.74) is 0.213. The summed E-state index contributed by atoms with van der Waals surface area (Å²) in [6, 6.07) is 3.98. The average Bonchev–Trinajstić information content (AvgIpc) is 3.04. The zero-order valence-corrected chi connectivity index (χ0v) is 10.4. The van der Waals surface area contributed by atoms with E-state index in [9.17, 15) is 14.0 Å². The second-order valence-corrected chi connectivity index (χ2v) is 4.92. The molecule has 0 radical (unpaired) electrons. The molecule has 100 valence electrons. The molecule has 0 bridgehead atoms. The van der Waals surface area contributed by atoms with Crippen molar-refractivity contribution in [3.8, 4) is 0 Å². The highest BCUT2D eigenvalue weighted by Gasteiger charge is 2.38. The standard InChI is InChI=1S/C14H14FNO3/c1-14(6-7-14)16-13(19)10-3-2-9(11(15)8-10)4-5-12(17)18/h2-5,8H,6-7H2,1H3,(H,16,19)(H,17,18)/b5-4+. The minimum absolute atomic E-state index is 0.136. The van der Waals surface area contributed by atoms with Gasteiger partial charge in [0.2, 0.25) is 0 Å². The van der Waals surface area contributed by atoms with Crippen molar-refractivity contribution in [3.05, 3.63) is 41.2 Å². The van der Waals surface area contributed by atoms with Crippen molar-refractivity contribution in [2.45, 2.75) is 25.3 Å². The van der Waals surface area contributed by atoms with Crippen LogP contribution in [0.4, 0.5) is 4.39 Å². The van der Waals surface area contributed by atoms with Gasteiger partial charge in [-0.05, 0) is 38.0 Å². The monoisotopic (exact) mass is 263 g/mol. The van der Waals surface area contributed by atoms with Crippen molar-refractivity contribution in [1.29, 1.82) is 0 Å². The summed E-state index contributed by atoms with van der Waals surface area (Å²) in [6.07, 6.45) is 3.87. The first-order valence-electron chi connectivity index (χ1n) is 5.93. The van der Waals surface area contributed by atoms with Gasteiger partial charge in [0.25, 0.3) is 5.91 Å². The Hall–Kier alpha value is -2.17. The molecule has 0 aliphatic heterocycles. The average molecular weight is 263 g/mol. The number of aliphatic carboxylic acids is 1. The van der Waals surface area contributed by atoms with Gasteiger partial charge >= 0.3 is 5.97 Å². The number of hydrogen-bond donors (Lipinski definition) is 2. The molecule has 1 fully saturated rings. The van der Waals surface area contributed by atoms with Crippen LogP contribution in [-0.2, 0) is 4.79 Å². The number of carbonyl (C=O) groups is 2. The summed E-state index contributed by atoms with van der Waals surface area (Å²) >= 11 is 0. The molecule has 1 aromatic carbocycles. The number of carboxylic acid groups (broad SMARTS) is 1. The van der Waals surface area contributed by atoms with E-state index in [1.807, 2.05) is 6.92 Å². The van der Waals surface area contributed by atoms with Gasteiger partial charge in [0, 0.05) is 22.7 Å². The van der Waals surface area contributed by atoms with Gasteiger partial charge in [-0.1, -0.05) is 6.07 Å². The fourth-order valence-electron chi connectivity index (χ4n) is 1.62. The fourth-order valence-corrected chi connectivity index (χ4v) is 1.62. The molecule has 2 N–H and O–H groups in total. The van der Waals surface area contributed by atoms with Crippen LogP contribution in [0.3, 0.4) is 0 Å². The van der Waals surface area contributed by atoms with Crippen molar-refractivity contribution in [2.24, 2.45) is 0 Å². The Morgan fingerprint density at radius 1 is 1.42 bits per heavy atom. The van der Waals surface area contributed by atoms with Crippen molar-refractivity contribution < 1.29 is 19.1 Å². The maximum Gasteiger partial charge on any atom is 0.328 e. The van der Waals surface area contributed by atoms with E-state index in [2.05, 4.69) is 5.32 Å². The Labute approximate surface area is 109 Å². The van der Waals surface area contributed by atoms with Crippen molar-refractivity contribution in [1.82, 2.24) is 5.32 Å². The number of benzene rings is 1. The molecule has 0 unspecified atom stereocenters. The zero-order chi connectivity index (χ0) is 14.0. The summed E-state index contributed by atoms with van der Waals surface area (Å²) in [4.78, 5) is 22.2. The molecule has 0 heterocycles. The van der Waals surface area contributed by atoms with Crippen LogP contribution < -0.4 is 5.32 Å². The van der Waals surface area contributed by atoms with Gasteiger partial charge in [-0.15, -0.1) is 0 Å².